The Morgan fingerprint density at radius 2 is 1.78 bits per heavy atom. The minimum absolute atomic E-state index is 0.141. The van der Waals surface area contributed by atoms with E-state index < -0.39 is 5.97 Å². The molecular weight excluding hydrogens is 650 g/mol. The van der Waals surface area contributed by atoms with Gasteiger partial charge in [0.05, 0.1) is 36.4 Å². The summed E-state index contributed by atoms with van der Waals surface area (Å²) in [7, 11) is 1.65. The van der Waals surface area contributed by atoms with Gasteiger partial charge < -0.3 is 19.3 Å². The summed E-state index contributed by atoms with van der Waals surface area (Å²) in [5, 5.41) is 14.4. The second-order valence-corrected chi connectivity index (χ2v) is 11.8. The van der Waals surface area contributed by atoms with E-state index in [0.29, 0.717) is 50.4 Å². The van der Waals surface area contributed by atoms with Crippen molar-refractivity contribution in [1.29, 1.82) is 0 Å². The molecule has 46 heavy (non-hydrogen) atoms. The van der Waals surface area contributed by atoms with E-state index in [1.807, 2.05) is 38.1 Å². The number of carboxylic acids is 1. The average Bonchev–Trinajstić information content (AvgIpc) is 3.04. The average molecular weight is 685 g/mol. The summed E-state index contributed by atoms with van der Waals surface area (Å²) in [5.74, 6) is 1.29. The fourth-order valence-electron chi connectivity index (χ4n) is 5.08. The Kier molecular flexibility index (Phi) is 9.87. The van der Waals surface area contributed by atoms with Crippen molar-refractivity contribution in [1.82, 2.24) is 9.66 Å². The van der Waals surface area contributed by atoms with E-state index >= 15 is 0 Å². The molecule has 0 saturated carbocycles. The van der Waals surface area contributed by atoms with Crippen LogP contribution in [0, 0.1) is 6.92 Å². The van der Waals surface area contributed by atoms with Crippen molar-refractivity contribution in [3.63, 3.8) is 0 Å². The van der Waals surface area contributed by atoms with Gasteiger partial charge in [0.25, 0.3) is 5.56 Å². The topological polar surface area (TPSA) is 112 Å². The molecular formula is C36H34BrN3O6. The van der Waals surface area contributed by atoms with Gasteiger partial charge in [0.15, 0.2) is 17.3 Å². The largest absolute Gasteiger partial charge is 0.496 e. The van der Waals surface area contributed by atoms with E-state index in [9.17, 15) is 14.7 Å². The van der Waals surface area contributed by atoms with Crippen molar-refractivity contribution in [2.45, 2.75) is 40.2 Å². The molecule has 0 aliphatic heterocycles. The highest BCUT2D eigenvalue weighted by Gasteiger charge is 2.19. The number of carboxylic acid groups (broad SMARTS) is 1. The highest BCUT2D eigenvalue weighted by atomic mass is 79.9. The van der Waals surface area contributed by atoms with Crippen LogP contribution in [0.15, 0.2) is 87.2 Å². The molecule has 1 heterocycles. The van der Waals surface area contributed by atoms with Crippen LogP contribution in [0.25, 0.3) is 22.3 Å². The lowest BCUT2D eigenvalue weighted by atomic mass is 9.96. The third kappa shape index (κ3) is 6.82. The molecule has 1 aromatic heterocycles. The second-order valence-electron chi connectivity index (χ2n) is 10.9. The van der Waals surface area contributed by atoms with Crippen molar-refractivity contribution in [3.05, 3.63) is 115 Å². The van der Waals surface area contributed by atoms with E-state index in [4.69, 9.17) is 19.2 Å². The molecule has 0 saturated heterocycles. The Morgan fingerprint density at radius 3 is 2.50 bits per heavy atom. The number of aromatic nitrogens is 2. The summed E-state index contributed by atoms with van der Waals surface area (Å²) in [4.78, 5) is 30.2. The van der Waals surface area contributed by atoms with Gasteiger partial charge in [-0.1, -0.05) is 38.1 Å². The van der Waals surface area contributed by atoms with E-state index in [-0.39, 0.29) is 23.6 Å². The summed E-state index contributed by atoms with van der Waals surface area (Å²) in [6, 6.07) is 21.3. The van der Waals surface area contributed by atoms with Crippen LogP contribution >= 0.6 is 15.9 Å². The Morgan fingerprint density at radius 1 is 1.02 bits per heavy atom. The molecule has 0 bridgehead atoms. The molecule has 236 valence electrons. The summed E-state index contributed by atoms with van der Waals surface area (Å²) in [6.45, 7) is 8.52. The number of nitrogens with zero attached hydrogens (tertiary/aromatic N) is 3. The van der Waals surface area contributed by atoms with Gasteiger partial charge >= 0.3 is 5.97 Å². The first-order valence-corrected chi connectivity index (χ1v) is 15.6. The Hall–Kier alpha value is -4.96. The molecule has 0 atom stereocenters. The first-order valence-electron chi connectivity index (χ1n) is 14.8. The van der Waals surface area contributed by atoms with Crippen molar-refractivity contribution >= 4 is 39.0 Å². The molecule has 4 aromatic carbocycles. The number of ether oxygens (including phenoxy) is 3. The predicted molar refractivity (Wildman–Crippen MR) is 183 cm³/mol. The second kappa shape index (κ2) is 14.0. The van der Waals surface area contributed by atoms with Gasteiger partial charge in [-0.2, -0.15) is 9.78 Å². The predicted octanol–water partition coefficient (Wildman–Crippen LogP) is 7.82. The molecule has 5 rings (SSSR count). The number of hydrogen-bond acceptors (Lipinski definition) is 7. The van der Waals surface area contributed by atoms with Crippen LogP contribution in [0.1, 0.15) is 59.3 Å². The van der Waals surface area contributed by atoms with E-state index in [1.54, 1.807) is 55.8 Å². The van der Waals surface area contributed by atoms with Gasteiger partial charge in [-0.05, 0) is 101 Å². The summed E-state index contributed by atoms with van der Waals surface area (Å²) < 4.78 is 19.6. The van der Waals surface area contributed by atoms with Crippen molar-refractivity contribution in [3.8, 4) is 28.6 Å². The van der Waals surface area contributed by atoms with Crippen LogP contribution < -0.4 is 19.8 Å². The first kappa shape index (κ1) is 32.4. The lowest BCUT2D eigenvalue weighted by Crippen LogP contribution is -2.21. The van der Waals surface area contributed by atoms with Gasteiger partial charge in [-0.25, -0.2) is 9.78 Å². The number of benzene rings is 4. The van der Waals surface area contributed by atoms with Crippen molar-refractivity contribution in [2.24, 2.45) is 5.10 Å². The number of methoxy groups -OCH3 is 1. The lowest BCUT2D eigenvalue weighted by molar-refractivity contribution is 0.0696. The molecule has 0 amide bonds. The number of aromatic carboxylic acids is 1. The van der Waals surface area contributed by atoms with Gasteiger partial charge in [0, 0.05) is 15.6 Å². The number of fused-ring (bicyclic) bond motifs is 1. The molecule has 0 aliphatic rings. The monoisotopic (exact) mass is 683 g/mol. The SMILES string of the molecule is CCOc1cc(C=Nn2c(-c3cc(C(C)C)c(OC)cc3C)nc3ccccc3c2=O)c(Br)cc1OCc1cccc(C(=O)O)c1. The molecule has 0 radical (unpaired) electrons. The van der Waals surface area contributed by atoms with Crippen LogP contribution in [0.2, 0.25) is 0 Å². The van der Waals surface area contributed by atoms with Crippen LogP contribution in [-0.2, 0) is 6.61 Å². The van der Waals surface area contributed by atoms with Gasteiger partial charge in [0.2, 0.25) is 0 Å². The zero-order chi connectivity index (χ0) is 33.0. The summed E-state index contributed by atoms with van der Waals surface area (Å²) >= 11 is 3.62. The van der Waals surface area contributed by atoms with Crippen molar-refractivity contribution < 1.29 is 24.1 Å². The third-order valence-corrected chi connectivity index (χ3v) is 8.12. The minimum Gasteiger partial charge on any atom is -0.496 e. The van der Waals surface area contributed by atoms with E-state index in [0.717, 1.165) is 22.4 Å². The fourth-order valence-corrected chi connectivity index (χ4v) is 5.50. The maximum absolute atomic E-state index is 13.9. The Bertz CT molecular complexity index is 2020. The molecule has 1 N–H and O–H groups in total. The van der Waals surface area contributed by atoms with Crippen LogP contribution in [-0.4, -0.2) is 40.7 Å². The first-order chi connectivity index (χ1) is 22.1. The van der Waals surface area contributed by atoms with Gasteiger partial charge in [-0.15, -0.1) is 0 Å². The fraction of sp³-hybridized carbons (Fsp3) is 0.222. The highest BCUT2D eigenvalue weighted by molar-refractivity contribution is 9.10. The number of halogens is 1. The van der Waals surface area contributed by atoms with Gasteiger partial charge in [0.1, 0.15) is 12.4 Å². The number of rotatable bonds is 11. The number of para-hydroxylation sites is 1. The summed E-state index contributed by atoms with van der Waals surface area (Å²) in [6.07, 6.45) is 1.58. The molecule has 0 fully saturated rings. The number of aryl methyl sites for hydroxylation is 1. The zero-order valence-electron chi connectivity index (χ0n) is 26.2. The minimum atomic E-state index is -1.00. The maximum Gasteiger partial charge on any atom is 0.335 e. The Labute approximate surface area is 275 Å². The van der Waals surface area contributed by atoms with E-state index in [1.165, 1.54) is 10.7 Å². The normalized spacial score (nSPS) is 11.4. The molecule has 10 heteroatoms. The third-order valence-electron chi connectivity index (χ3n) is 7.44. The van der Waals surface area contributed by atoms with Crippen molar-refractivity contribution in [2.75, 3.05) is 13.7 Å². The lowest BCUT2D eigenvalue weighted by Gasteiger charge is -2.17. The molecule has 0 spiro atoms. The quantitative estimate of drug-likeness (QED) is 0.141. The smallest absolute Gasteiger partial charge is 0.335 e. The molecule has 0 unspecified atom stereocenters. The van der Waals surface area contributed by atoms with Gasteiger partial charge in [-0.3, -0.25) is 4.79 Å². The number of carbonyl (C=O) groups is 1. The molecule has 0 aliphatic carbocycles. The van der Waals surface area contributed by atoms with E-state index in [2.05, 4.69) is 34.9 Å². The van der Waals surface area contributed by atoms with Crippen LogP contribution in [0.5, 0.6) is 17.2 Å². The maximum atomic E-state index is 13.9. The Balaban J connectivity index is 1.58. The zero-order valence-corrected chi connectivity index (χ0v) is 27.8. The summed E-state index contributed by atoms with van der Waals surface area (Å²) in [5.41, 5.74) is 4.46. The molecule has 9 nitrogen and oxygen atoms in total. The highest BCUT2D eigenvalue weighted by Crippen LogP contribution is 2.35. The van der Waals surface area contributed by atoms with Crippen LogP contribution in [0.3, 0.4) is 0 Å². The van der Waals surface area contributed by atoms with Crippen LogP contribution in [0.4, 0.5) is 0 Å². The molecule has 5 aromatic rings. The standard InChI is InChI=1S/C36H34BrN3O6/c1-6-45-32-16-25(29(37)18-33(32)46-20-23-10-9-11-24(15-23)36(42)43)19-38-40-34(39-30-13-8-7-12-26(30)35(40)41)28-17-27(21(2)3)31(44-5)14-22(28)4/h7-19,21H,6,20H2,1-5H3,(H,42,43). The number of hydrogen-bond donors (Lipinski definition) is 1.